The van der Waals surface area contributed by atoms with Gasteiger partial charge in [-0.05, 0) is 38.5 Å². The molecule has 1 aliphatic heterocycles. The quantitative estimate of drug-likeness (QED) is 0.0215. The third kappa shape index (κ3) is 38.2. The highest BCUT2D eigenvalue weighted by Gasteiger charge is 2.44. The Morgan fingerprint density at radius 2 is 0.833 bits per heavy atom. The molecule has 1 amide bonds. The van der Waals surface area contributed by atoms with Gasteiger partial charge in [0.1, 0.15) is 36.6 Å². The lowest BCUT2D eigenvalue weighted by molar-refractivity contribution is -0.303. The van der Waals surface area contributed by atoms with Crippen LogP contribution in [0.15, 0.2) is 24.3 Å². The van der Waals surface area contributed by atoms with Gasteiger partial charge < -0.3 is 50.5 Å². The van der Waals surface area contributed by atoms with E-state index in [0.717, 1.165) is 57.8 Å². The van der Waals surface area contributed by atoms with Gasteiger partial charge in [0.25, 0.3) is 0 Å². The Bertz CT molecular complexity index is 1220. The maximum absolute atomic E-state index is 13.1. The Morgan fingerprint density at radius 3 is 1.24 bits per heavy atom. The molecule has 0 spiro atoms. The molecule has 1 aliphatic rings. The molecule has 0 radical (unpaired) electrons. The first-order valence-corrected chi connectivity index (χ1v) is 30.8. The van der Waals surface area contributed by atoms with Crippen molar-refractivity contribution in [3.63, 3.8) is 0 Å². The number of hydrogen-bond donors (Lipinski definition) is 8. The van der Waals surface area contributed by atoms with Crippen molar-refractivity contribution < 1.29 is 50.0 Å². The molecule has 72 heavy (non-hydrogen) atoms. The van der Waals surface area contributed by atoms with Gasteiger partial charge in [-0.2, -0.15) is 0 Å². The first-order chi connectivity index (χ1) is 35.2. The lowest BCUT2D eigenvalue weighted by Gasteiger charge is -2.40. The van der Waals surface area contributed by atoms with Crippen molar-refractivity contribution in [2.45, 2.75) is 345 Å². The minimum Gasteiger partial charge on any atom is -0.394 e. The van der Waals surface area contributed by atoms with Crippen LogP contribution in [0.25, 0.3) is 0 Å². The van der Waals surface area contributed by atoms with E-state index < -0.39 is 74.2 Å². The van der Waals surface area contributed by atoms with Crippen LogP contribution in [0.1, 0.15) is 290 Å². The van der Waals surface area contributed by atoms with Crippen LogP contribution in [0.5, 0.6) is 0 Å². The molecule has 8 N–H and O–H groups in total. The fraction of sp³-hybridized carbons (Fsp3) is 0.918. The van der Waals surface area contributed by atoms with Crippen molar-refractivity contribution >= 4 is 5.91 Å². The van der Waals surface area contributed by atoms with Crippen LogP contribution >= 0.6 is 0 Å². The molecule has 0 bridgehead atoms. The Kier molecular flexibility index (Phi) is 48.0. The van der Waals surface area contributed by atoms with Gasteiger partial charge in [0.05, 0.1) is 25.4 Å². The number of amides is 1. The van der Waals surface area contributed by atoms with Gasteiger partial charge in [-0.25, -0.2) is 0 Å². The standard InChI is InChI=1S/C61H117NO10/c1-3-5-7-9-11-13-15-17-19-20-21-22-23-24-25-26-27-28-29-30-31-32-33-34-35-37-38-40-42-44-46-48-53(64)56(66)52(51-71-61-59(69)58(68)57(67)55(50-63)72-61)62-60(70)54(65)49-47-45-43-41-39-36-18-16-14-12-10-8-6-4-2/h12,14,16,18,52-59,61,63-69H,3-11,13,15,17,19-51H2,1-2H3,(H,62,70)/b14-12-,18-16-. The molecule has 426 valence electrons. The largest absolute Gasteiger partial charge is 0.394 e. The topological polar surface area (TPSA) is 189 Å². The summed E-state index contributed by atoms with van der Waals surface area (Å²) < 4.78 is 11.1. The molecule has 11 nitrogen and oxygen atoms in total. The predicted molar refractivity (Wildman–Crippen MR) is 298 cm³/mol. The maximum Gasteiger partial charge on any atom is 0.249 e. The number of hydrogen-bond acceptors (Lipinski definition) is 10. The molecule has 1 saturated heterocycles. The molecule has 0 aromatic rings. The second-order valence-corrected chi connectivity index (χ2v) is 21.8. The van der Waals surface area contributed by atoms with E-state index in [1.54, 1.807) is 0 Å². The SMILES string of the molecule is CCCCC/C=C\C=C/CCCCCCCC(O)C(=O)NC(COC1OC(CO)C(O)C(O)C1O)C(O)C(O)CCCCCCCCCCCCCCCCCCCCCCCCCCCCCCCCC. The van der Waals surface area contributed by atoms with E-state index in [1.807, 2.05) is 0 Å². The van der Waals surface area contributed by atoms with Crippen LogP contribution in [0.3, 0.4) is 0 Å². The summed E-state index contributed by atoms with van der Waals surface area (Å²) in [6, 6.07) is -1.17. The van der Waals surface area contributed by atoms with Gasteiger partial charge in [0.15, 0.2) is 6.29 Å². The second kappa shape index (κ2) is 50.4. The molecule has 0 aromatic heterocycles. The Hall–Kier alpha value is -1.41. The van der Waals surface area contributed by atoms with Crippen molar-refractivity contribution in [3.8, 4) is 0 Å². The van der Waals surface area contributed by atoms with E-state index in [9.17, 15) is 40.5 Å². The van der Waals surface area contributed by atoms with Crippen LogP contribution in [-0.4, -0.2) is 110 Å². The fourth-order valence-electron chi connectivity index (χ4n) is 10.0. The summed E-state index contributed by atoms with van der Waals surface area (Å²) in [6.07, 6.45) is 49.7. The van der Waals surface area contributed by atoms with Gasteiger partial charge in [-0.3, -0.25) is 4.79 Å². The van der Waals surface area contributed by atoms with Gasteiger partial charge in [-0.15, -0.1) is 0 Å². The predicted octanol–water partition coefficient (Wildman–Crippen LogP) is 13.3. The maximum atomic E-state index is 13.1. The van der Waals surface area contributed by atoms with Crippen LogP contribution in [-0.2, 0) is 14.3 Å². The number of nitrogens with one attached hydrogen (secondary N) is 1. The number of unbranched alkanes of at least 4 members (excludes halogenated alkanes) is 38. The Morgan fingerprint density at radius 1 is 0.486 bits per heavy atom. The molecule has 1 fully saturated rings. The number of carbonyl (C=O) groups excluding carboxylic acids is 1. The summed E-state index contributed by atoms with van der Waals surface area (Å²) in [4.78, 5) is 13.1. The van der Waals surface area contributed by atoms with E-state index in [2.05, 4.69) is 43.5 Å². The highest BCUT2D eigenvalue weighted by molar-refractivity contribution is 5.80. The monoisotopic (exact) mass is 1020 g/mol. The van der Waals surface area contributed by atoms with E-state index in [1.165, 1.54) is 193 Å². The summed E-state index contributed by atoms with van der Waals surface area (Å²) in [5.74, 6) is -0.706. The minimum atomic E-state index is -1.66. The smallest absolute Gasteiger partial charge is 0.249 e. The molecule has 11 heteroatoms. The first kappa shape index (κ1) is 68.6. The molecule has 9 unspecified atom stereocenters. The molecule has 1 heterocycles. The summed E-state index contributed by atoms with van der Waals surface area (Å²) in [6.45, 7) is 3.44. The molecular formula is C61H117NO10. The van der Waals surface area contributed by atoms with Crippen molar-refractivity contribution in [1.29, 1.82) is 0 Å². The molecule has 0 aromatic carbocycles. The normalized spacial score (nSPS) is 20.2. The highest BCUT2D eigenvalue weighted by Crippen LogP contribution is 2.24. The van der Waals surface area contributed by atoms with E-state index in [4.69, 9.17) is 9.47 Å². The third-order valence-electron chi connectivity index (χ3n) is 15.0. The average molecular weight is 1020 g/mol. The fourth-order valence-corrected chi connectivity index (χ4v) is 10.0. The van der Waals surface area contributed by atoms with Gasteiger partial charge in [0.2, 0.25) is 5.91 Å². The van der Waals surface area contributed by atoms with Gasteiger partial charge in [-0.1, -0.05) is 276 Å². The van der Waals surface area contributed by atoms with Crippen LogP contribution < -0.4 is 5.32 Å². The lowest BCUT2D eigenvalue weighted by Crippen LogP contribution is -2.60. The van der Waals surface area contributed by atoms with E-state index in [0.29, 0.717) is 19.3 Å². The zero-order chi connectivity index (χ0) is 52.5. The first-order valence-electron chi connectivity index (χ1n) is 30.8. The van der Waals surface area contributed by atoms with Crippen LogP contribution in [0.4, 0.5) is 0 Å². The van der Waals surface area contributed by atoms with Gasteiger partial charge in [0, 0.05) is 0 Å². The zero-order valence-electron chi connectivity index (χ0n) is 46.7. The van der Waals surface area contributed by atoms with E-state index in [-0.39, 0.29) is 6.42 Å². The summed E-state index contributed by atoms with van der Waals surface area (Å²) in [5.41, 5.74) is 0. The Labute approximate surface area is 442 Å². The molecular weight excluding hydrogens is 907 g/mol. The summed E-state index contributed by atoms with van der Waals surface area (Å²) >= 11 is 0. The number of aliphatic hydroxyl groups is 7. The molecule has 0 aliphatic carbocycles. The van der Waals surface area contributed by atoms with Crippen LogP contribution in [0.2, 0.25) is 0 Å². The average Bonchev–Trinajstić information content (AvgIpc) is 3.38. The number of rotatable bonds is 53. The highest BCUT2D eigenvalue weighted by atomic mass is 16.7. The Balaban J connectivity index is 2.20. The second-order valence-electron chi connectivity index (χ2n) is 21.8. The van der Waals surface area contributed by atoms with Crippen molar-refractivity contribution in [1.82, 2.24) is 5.32 Å². The van der Waals surface area contributed by atoms with Crippen LogP contribution in [0, 0.1) is 0 Å². The number of carbonyl (C=O) groups is 1. The molecule has 9 atom stereocenters. The molecule has 0 saturated carbocycles. The number of aliphatic hydroxyl groups excluding tert-OH is 7. The zero-order valence-corrected chi connectivity index (χ0v) is 46.7. The summed E-state index contributed by atoms with van der Waals surface area (Å²) in [7, 11) is 0. The van der Waals surface area contributed by atoms with Crippen molar-refractivity contribution in [2.75, 3.05) is 13.2 Å². The third-order valence-corrected chi connectivity index (χ3v) is 15.0. The lowest BCUT2D eigenvalue weighted by atomic mass is 9.98. The number of allylic oxidation sites excluding steroid dienone is 4. The summed E-state index contributed by atoms with van der Waals surface area (Å²) in [5, 5.41) is 76.1. The van der Waals surface area contributed by atoms with Crippen molar-refractivity contribution in [2.24, 2.45) is 0 Å². The minimum absolute atomic E-state index is 0.243. The van der Waals surface area contributed by atoms with E-state index >= 15 is 0 Å². The van der Waals surface area contributed by atoms with Crippen molar-refractivity contribution in [3.05, 3.63) is 24.3 Å². The van der Waals surface area contributed by atoms with Gasteiger partial charge >= 0.3 is 0 Å². The number of ether oxygens (including phenoxy) is 2. The molecule has 1 rings (SSSR count).